The topological polar surface area (TPSA) is 76.5 Å². The van der Waals surface area contributed by atoms with Crippen molar-refractivity contribution in [1.82, 2.24) is 14.6 Å². The van der Waals surface area contributed by atoms with Gasteiger partial charge in [0.25, 0.3) is 5.91 Å². The van der Waals surface area contributed by atoms with Crippen molar-refractivity contribution in [3.63, 3.8) is 0 Å². The fourth-order valence-electron chi connectivity index (χ4n) is 3.52. The Morgan fingerprint density at radius 1 is 1.21 bits per heavy atom. The zero-order valence-electron chi connectivity index (χ0n) is 15.9. The lowest BCUT2D eigenvalue weighted by Gasteiger charge is -2.17. The summed E-state index contributed by atoms with van der Waals surface area (Å²) in [4.78, 5) is 34.8. The normalized spacial score (nSPS) is 13.9. The van der Waals surface area contributed by atoms with Crippen LogP contribution in [0.5, 0.6) is 0 Å². The van der Waals surface area contributed by atoms with Gasteiger partial charge in [0, 0.05) is 19.2 Å². The number of imidazole rings is 1. The summed E-state index contributed by atoms with van der Waals surface area (Å²) in [6.07, 6.45) is 0.808. The Balaban J connectivity index is 1.86. The van der Waals surface area contributed by atoms with Gasteiger partial charge in [-0.25, -0.2) is 10.0 Å². The summed E-state index contributed by atoms with van der Waals surface area (Å²) in [7, 11) is 0. The van der Waals surface area contributed by atoms with E-state index in [9.17, 15) is 9.59 Å². The number of hydrogen-bond acceptors (Lipinski definition) is 4. The van der Waals surface area contributed by atoms with Crippen molar-refractivity contribution in [2.75, 3.05) is 18.5 Å². The van der Waals surface area contributed by atoms with Crippen LogP contribution in [-0.2, 0) is 16.2 Å². The number of aryl methyl sites for hydroxylation is 1. The lowest BCUT2D eigenvalue weighted by molar-refractivity contribution is -0.114. The molecule has 1 aliphatic heterocycles. The Labute approximate surface area is 162 Å². The first kappa shape index (κ1) is 18.2. The molecule has 1 saturated heterocycles. The van der Waals surface area contributed by atoms with Gasteiger partial charge in [-0.1, -0.05) is 30.3 Å². The first-order valence-corrected chi connectivity index (χ1v) is 9.30. The van der Waals surface area contributed by atoms with E-state index in [1.54, 1.807) is 12.1 Å². The number of rotatable bonds is 4. The Hall–Kier alpha value is -3.19. The molecule has 1 aromatic heterocycles. The first-order chi connectivity index (χ1) is 13.5. The summed E-state index contributed by atoms with van der Waals surface area (Å²) >= 11 is 0. The van der Waals surface area contributed by atoms with Gasteiger partial charge in [0.05, 0.1) is 29.7 Å². The Morgan fingerprint density at radius 3 is 2.68 bits per heavy atom. The molecule has 0 radical (unpaired) electrons. The predicted molar refractivity (Wildman–Crippen MR) is 106 cm³/mol. The van der Waals surface area contributed by atoms with Gasteiger partial charge < -0.3 is 9.88 Å². The molecule has 0 saturated carbocycles. The van der Waals surface area contributed by atoms with Gasteiger partial charge in [-0.2, -0.15) is 0 Å². The van der Waals surface area contributed by atoms with Crippen LogP contribution in [0.4, 0.5) is 5.69 Å². The van der Waals surface area contributed by atoms with Crippen molar-refractivity contribution >= 4 is 28.5 Å². The van der Waals surface area contributed by atoms with Gasteiger partial charge in [0.1, 0.15) is 5.82 Å². The fourth-order valence-corrected chi connectivity index (χ4v) is 3.52. The second-order valence-electron chi connectivity index (χ2n) is 6.90. The van der Waals surface area contributed by atoms with Gasteiger partial charge in [-0.3, -0.25) is 14.4 Å². The van der Waals surface area contributed by atoms with Gasteiger partial charge >= 0.3 is 0 Å². The van der Waals surface area contributed by atoms with E-state index in [0.29, 0.717) is 36.5 Å². The number of carbonyl (C=O) groups excluding carboxylic acids is 2. The number of hydroxylamine groups is 2. The van der Waals surface area contributed by atoms with Gasteiger partial charge in [-0.15, -0.1) is 0 Å². The molecular formula is C21H22N4O3. The number of fused-ring (bicyclic) bond motifs is 1. The standard InChI is InChI=1S/C21H22N4O3/c1-14-22-19-12-17(23-15(2)26)11-18(21(27)25-9-6-10-28-25)20(19)24(14)13-16-7-4-3-5-8-16/h3-5,7-8,11-12H,6,9-10,13H2,1-2H3,(H,23,26). The molecule has 1 aliphatic rings. The smallest absolute Gasteiger partial charge is 0.279 e. The summed E-state index contributed by atoms with van der Waals surface area (Å²) in [5.74, 6) is 0.384. The highest BCUT2D eigenvalue weighted by Crippen LogP contribution is 2.28. The summed E-state index contributed by atoms with van der Waals surface area (Å²) in [5.41, 5.74) is 3.55. The summed E-state index contributed by atoms with van der Waals surface area (Å²) in [6, 6.07) is 13.5. The average molecular weight is 378 g/mol. The van der Waals surface area contributed by atoms with E-state index in [1.165, 1.54) is 12.0 Å². The third-order valence-electron chi connectivity index (χ3n) is 4.75. The number of nitrogens with one attached hydrogen (secondary N) is 1. The van der Waals surface area contributed by atoms with Gasteiger partial charge in [0.15, 0.2) is 0 Å². The third-order valence-corrected chi connectivity index (χ3v) is 4.75. The summed E-state index contributed by atoms with van der Waals surface area (Å²) < 4.78 is 2.03. The van der Waals surface area contributed by atoms with E-state index >= 15 is 0 Å². The highest BCUT2D eigenvalue weighted by Gasteiger charge is 2.26. The molecule has 4 rings (SSSR count). The van der Waals surface area contributed by atoms with E-state index < -0.39 is 0 Å². The van der Waals surface area contributed by atoms with Crippen LogP contribution < -0.4 is 5.32 Å². The molecule has 2 heterocycles. The molecule has 3 aromatic rings. The summed E-state index contributed by atoms with van der Waals surface area (Å²) in [5, 5.41) is 4.15. The number of hydrogen-bond donors (Lipinski definition) is 1. The number of carbonyl (C=O) groups is 2. The monoisotopic (exact) mass is 378 g/mol. The zero-order valence-corrected chi connectivity index (χ0v) is 15.9. The molecule has 0 bridgehead atoms. The van der Waals surface area contributed by atoms with Crippen molar-refractivity contribution < 1.29 is 14.4 Å². The zero-order chi connectivity index (χ0) is 19.7. The molecule has 28 heavy (non-hydrogen) atoms. The molecule has 1 fully saturated rings. The number of aromatic nitrogens is 2. The van der Waals surface area contributed by atoms with Crippen molar-refractivity contribution in [3.8, 4) is 0 Å². The van der Waals surface area contributed by atoms with Gasteiger partial charge in [0.2, 0.25) is 5.91 Å². The van der Waals surface area contributed by atoms with Crippen LogP contribution in [0.25, 0.3) is 11.0 Å². The second-order valence-corrected chi connectivity index (χ2v) is 6.90. The maximum atomic E-state index is 13.2. The van der Waals surface area contributed by atoms with Crippen molar-refractivity contribution in [1.29, 1.82) is 0 Å². The van der Waals surface area contributed by atoms with Crippen molar-refractivity contribution in [2.45, 2.75) is 26.8 Å². The quantitative estimate of drug-likeness (QED) is 0.757. The second kappa shape index (κ2) is 7.44. The Kier molecular flexibility index (Phi) is 4.83. The molecular weight excluding hydrogens is 356 g/mol. The lowest BCUT2D eigenvalue weighted by atomic mass is 10.1. The van der Waals surface area contributed by atoms with Gasteiger partial charge in [-0.05, 0) is 31.0 Å². The minimum Gasteiger partial charge on any atom is -0.326 e. The van der Waals surface area contributed by atoms with E-state index in [0.717, 1.165) is 23.3 Å². The molecule has 7 nitrogen and oxygen atoms in total. The van der Waals surface area contributed by atoms with Crippen LogP contribution in [-0.4, -0.2) is 39.6 Å². The molecule has 0 spiro atoms. The van der Waals surface area contributed by atoms with E-state index in [2.05, 4.69) is 10.3 Å². The fraction of sp³-hybridized carbons (Fsp3) is 0.286. The number of amides is 2. The number of nitrogens with zero attached hydrogens (tertiary/aromatic N) is 3. The SMILES string of the molecule is CC(=O)Nc1cc(C(=O)N2CCCO2)c2c(c1)nc(C)n2Cc1ccccc1. The highest BCUT2D eigenvalue weighted by atomic mass is 16.7. The minimum atomic E-state index is -0.219. The van der Waals surface area contributed by atoms with Crippen LogP contribution >= 0.6 is 0 Å². The largest absolute Gasteiger partial charge is 0.326 e. The molecule has 1 N–H and O–H groups in total. The average Bonchev–Trinajstić information content (AvgIpc) is 3.30. The maximum Gasteiger partial charge on any atom is 0.279 e. The van der Waals surface area contributed by atoms with E-state index in [-0.39, 0.29) is 11.8 Å². The third kappa shape index (κ3) is 3.48. The van der Waals surface area contributed by atoms with Crippen LogP contribution in [0.2, 0.25) is 0 Å². The predicted octanol–water partition coefficient (Wildman–Crippen LogP) is 3.13. The number of anilines is 1. The van der Waals surface area contributed by atoms with Crippen LogP contribution in [0, 0.1) is 6.92 Å². The molecule has 0 aliphatic carbocycles. The molecule has 144 valence electrons. The minimum absolute atomic E-state index is 0.199. The molecule has 2 amide bonds. The van der Waals surface area contributed by atoms with E-state index in [4.69, 9.17) is 4.84 Å². The molecule has 0 atom stereocenters. The first-order valence-electron chi connectivity index (χ1n) is 9.30. The van der Waals surface area contributed by atoms with Crippen molar-refractivity contribution in [2.24, 2.45) is 0 Å². The Bertz CT molecular complexity index is 1040. The number of benzene rings is 2. The lowest BCUT2D eigenvalue weighted by Crippen LogP contribution is -2.27. The molecule has 0 unspecified atom stereocenters. The Morgan fingerprint density at radius 2 is 2.00 bits per heavy atom. The van der Waals surface area contributed by atoms with Crippen LogP contribution in [0.3, 0.4) is 0 Å². The highest BCUT2D eigenvalue weighted by molar-refractivity contribution is 6.07. The molecule has 2 aromatic carbocycles. The van der Waals surface area contributed by atoms with Crippen LogP contribution in [0.1, 0.15) is 35.1 Å². The summed E-state index contributed by atoms with van der Waals surface area (Å²) in [6.45, 7) is 5.04. The van der Waals surface area contributed by atoms with E-state index in [1.807, 2.05) is 41.8 Å². The van der Waals surface area contributed by atoms with Crippen molar-refractivity contribution in [3.05, 3.63) is 59.4 Å². The molecule has 7 heteroatoms. The van der Waals surface area contributed by atoms with Crippen LogP contribution in [0.15, 0.2) is 42.5 Å². The maximum absolute atomic E-state index is 13.2.